The summed E-state index contributed by atoms with van der Waals surface area (Å²) >= 11 is 0. The van der Waals surface area contributed by atoms with Gasteiger partial charge in [-0.2, -0.15) is 13.2 Å². The molecule has 0 fully saturated rings. The van der Waals surface area contributed by atoms with Crippen LogP contribution in [0.25, 0.3) is 0 Å². The molecule has 0 radical (unpaired) electrons. The Bertz CT molecular complexity index is 416. The van der Waals surface area contributed by atoms with Crippen molar-refractivity contribution in [3.63, 3.8) is 0 Å². The van der Waals surface area contributed by atoms with Crippen LogP contribution < -0.4 is 5.73 Å². The molecule has 108 valence electrons. The molecule has 0 spiro atoms. The Labute approximate surface area is 110 Å². The van der Waals surface area contributed by atoms with E-state index in [9.17, 15) is 17.6 Å². The number of benzene rings is 1. The summed E-state index contributed by atoms with van der Waals surface area (Å²) in [6, 6.07) is 4.06. The molecule has 0 saturated heterocycles. The maximum atomic E-state index is 13.7. The average molecular weight is 278 g/mol. The summed E-state index contributed by atoms with van der Waals surface area (Å²) < 4.78 is 51.0. The second-order valence-corrected chi connectivity index (χ2v) is 4.74. The van der Waals surface area contributed by atoms with Gasteiger partial charge in [-0.05, 0) is 25.5 Å². The number of rotatable bonds is 5. The summed E-state index contributed by atoms with van der Waals surface area (Å²) in [4.78, 5) is 1.18. The van der Waals surface area contributed by atoms with Crippen molar-refractivity contribution in [2.75, 3.05) is 6.54 Å². The van der Waals surface area contributed by atoms with Gasteiger partial charge >= 0.3 is 6.18 Å². The van der Waals surface area contributed by atoms with Crippen LogP contribution >= 0.6 is 0 Å². The molecule has 0 aliphatic rings. The SMILES string of the molecule is CC(C)N(Cc1ccc(CN)cc1F)CC(F)(F)F. The number of nitrogens with two attached hydrogens (primary N) is 1. The van der Waals surface area contributed by atoms with E-state index in [-0.39, 0.29) is 24.7 Å². The topological polar surface area (TPSA) is 29.3 Å². The van der Waals surface area contributed by atoms with E-state index in [1.54, 1.807) is 19.9 Å². The summed E-state index contributed by atoms with van der Waals surface area (Å²) in [6.07, 6.45) is -4.29. The summed E-state index contributed by atoms with van der Waals surface area (Å²) in [6.45, 7) is 2.38. The van der Waals surface area contributed by atoms with Crippen LogP contribution in [0.2, 0.25) is 0 Å². The van der Waals surface area contributed by atoms with Crippen molar-refractivity contribution in [1.82, 2.24) is 4.90 Å². The zero-order valence-electron chi connectivity index (χ0n) is 11.0. The Balaban J connectivity index is 2.85. The molecule has 0 unspecified atom stereocenters. The first-order valence-electron chi connectivity index (χ1n) is 6.01. The smallest absolute Gasteiger partial charge is 0.326 e. The molecular formula is C13H18F4N2. The van der Waals surface area contributed by atoms with E-state index in [1.807, 2.05) is 0 Å². The van der Waals surface area contributed by atoms with Crippen LogP contribution in [-0.4, -0.2) is 23.7 Å². The van der Waals surface area contributed by atoms with Crippen molar-refractivity contribution in [2.45, 2.75) is 39.2 Å². The number of nitrogens with zero attached hydrogens (tertiary/aromatic N) is 1. The second kappa shape index (κ2) is 6.34. The third kappa shape index (κ3) is 5.16. The lowest BCUT2D eigenvalue weighted by Crippen LogP contribution is -2.38. The lowest BCUT2D eigenvalue weighted by Gasteiger charge is -2.27. The molecule has 19 heavy (non-hydrogen) atoms. The molecule has 1 aromatic rings. The van der Waals surface area contributed by atoms with Gasteiger partial charge in [0.1, 0.15) is 5.82 Å². The Morgan fingerprint density at radius 1 is 1.26 bits per heavy atom. The van der Waals surface area contributed by atoms with E-state index in [1.165, 1.54) is 17.0 Å². The van der Waals surface area contributed by atoms with Crippen LogP contribution in [0.5, 0.6) is 0 Å². The molecule has 0 aliphatic carbocycles. The summed E-state index contributed by atoms with van der Waals surface area (Å²) in [5.74, 6) is -0.518. The number of hydrogen-bond acceptors (Lipinski definition) is 2. The van der Waals surface area contributed by atoms with E-state index in [0.29, 0.717) is 5.56 Å². The van der Waals surface area contributed by atoms with Crippen molar-refractivity contribution >= 4 is 0 Å². The predicted molar refractivity (Wildman–Crippen MR) is 65.9 cm³/mol. The molecule has 0 atom stereocenters. The quantitative estimate of drug-likeness (QED) is 0.839. The summed E-state index contributed by atoms with van der Waals surface area (Å²) in [5.41, 5.74) is 6.24. The molecule has 2 nitrogen and oxygen atoms in total. The van der Waals surface area contributed by atoms with Crippen LogP contribution in [-0.2, 0) is 13.1 Å². The van der Waals surface area contributed by atoms with Gasteiger partial charge in [-0.25, -0.2) is 4.39 Å². The first-order chi connectivity index (χ1) is 8.73. The highest BCUT2D eigenvalue weighted by Crippen LogP contribution is 2.21. The van der Waals surface area contributed by atoms with Gasteiger partial charge in [-0.3, -0.25) is 4.90 Å². The molecule has 0 aromatic heterocycles. The van der Waals surface area contributed by atoms with Gasteiger partial charge < -0.3 is 5.73 Å². The maximum Gasteiger partial charge on any atom is 0.401 e. The maximum absolute atomic E-state index is 13.7. The van der Waals surface area contributed by atoms with Gasteiger partial charge in [-0.15, -0.1) is 0 Å². The minimum Gasteiger partial charge on any atom is -0.326 e. The third-order valence-corrected chi connectivity index (χ3v) is 2.84. The normalized spacial score (nSPS) is 12.5. The largest absolute Gasteiger partial charge is 0.401 e. The molecular weight excluding hydrogens is 260 g/mol. The molecule has 2 N–H and O–H groups in total. The van der Waals surface area contributed by atoms with Crippen molar-refractivity contribution in [3.05, 3.63) is 35.1 Å². The minimum atomic E-state index is -4.29. The van der Waals surface area contributed by atoms with Crippen LogP contribution in [0.1, 0.15) is 25.0 Å². The molecule has 0 saturated carbocycles. The van der Waals surface area contributed by atoms with E-state index < -0.39 is 18.5 Å². The Morgan fingerprint density at radius 3 is 2.32 bits per heavy atom. The fraction of sp³-hybridized carbons (Fsp3) is 0.538. The molecule has 0 aliphatic heterocycles. The predicted octanol–water partition coefficient (Wildman–Crippen LogP) is 3.06. The van der Waals surface area contributed by atoms with Crippen LogP contribution in [0.15, 0.2) is 18.2 Å². The molecule has 1 rings (SSSR count). The third-order valence-electron chi connectivity index (χ3n) is 2.84. The van der Waals surface area contributed by atoms with E-state index >= 15 is 0 Å². The Hall–Kier alpha value is -1.14. The van der Waals surface area contributed by atoms with Crippen LogP contribution in [0, 0.1) is 5.82 Å². The standard InChI is InChI=1S/C13H18F4N2/c1-9(2)19(8-13(15,16)17)7-11-4-3-10(6-18)5-12(11)14/h3-5,9H,6-8,18H2,1-2H3. The number of halogens is 4. The van der Waals surface area contributed by atoms with Crippen LogP contribution in [0.4, 0.5) is 17.6 Å². The molecule has 1 aromatic carbocycles. The lowest BCUT2D eigenvalue weighted by atomic mass is 10.1. The van der Waals surface area contributed by atoms with Gasteiger partial charge in [0.15, 0.2) is 0 Å². The van der Waals surface area contributed by atoms with Crippen LogP contribution in [0.3, 0.4) is 0 Å². The van der Waals surface area contributed by atoms with Gasteiger partial charge in [0, 0.05) is 24.7 Å². The average Bonchev–Trinajstić information content (AvgIpc) is 2.28. The first-order valence-corrected chi connectivity index (χ1v) is 6.01. The lowest BCUT2D eigenvalue weighted by molar-refractivity contribution is -0.151. The zero-order chi connectivity index (χ0) is 14.6. The van der Waals surface area contributed by atoms with Gasteiger partial charge in [0.05, 0.1) is 6.54 Å². The molecule has 0 amide bonds. The Kier molecular flexibility index (Phi) is 5.31. The Morgan fingerprint density at radius 2 is 1.89 bits per heavy atom. The van der Waals surface area contributed by atoms with Gasteiger partial charge in [0.25, 0.3) is 0 Å². The van der Waals surface area contributed by atoms with E-state index in [2.05, 4.69) is 0 Å². The van der Waals surface area contributed by atoms with Gasteiger partial charge in [0.2, 0.25) is 0 Å². The fourth-order valence-corrected chi connectivity index (χ4v) is 1.72. The van der Waals surface area contributed by atoms with E-state index in [4.69, 9.17) is 5.73 Å². The number of alkyl halides is 3. The fourth-order valence-electron chi connectivity index (χ4n) is 1.72. The number of hydrogen-bond donors (Lipinski definition) is 1. The minimum absolute atomic E-state index is 0.0755. The summed E-state index contributed by atoms with van der Waals surface area (Å²) in [5, 5.41) is 0. The van der Waals surface area contributed by atoms with Crippen molar-refractivity contribution in [3.8, 4) is 0 Å². The molecule has 0 heterocycles. The van der Waals surface area contributed by atoms with E-state index in [0.717, 1.165) is 0 Å². The monoisotopic (exact) mass is 278 g/mol. The molecule has 0 bridgehead atoms. The highest BCUT2D eigenvalue weighted by molar-refractivity contribution is 5.24. The molecule has 6 heteroatoms. The summed E-state index contributed by atoms with van der Waals surface area (Å²) in [7, 11) is 0. The second-order valence-electron chi connectivity index (χ2n) is 4.74. The first kappa shape index (κ1) is 15.9. The van der Waals surface area contributed by atoms with Crippen molar-refractivity contribution in [1.29, 1.82) is 0 Å². The highest BCUT2D eigenvalue weighted by Gasteiger charge is 2.32. The highest BCUT2D eigenvalue weighted by atomic mass is 19.4. The van der Waals surface area contributed by atoms with Crippen molar-refractivity contribution in [2.24, 2.45) is 5.73 Å². The zero-order valence-corrected chi connectivity index (χ0v) is 11.0. The van der Waals surface area contributed by atoms with Gasteiger partial charge in [-0.1, -0.05) is 12.1 Å². The van der Waals surface area contributed by atoms with Crippen molar-refractivity contribution < 1.29 is 17.6 Å².